The van der Waals surface area contributed by atoms with Crippen molar-refractivity contribution in [3.63, 3.8) is 0 Å². The van der Waals surface area contributed by atoms with Gasteiger partial charge in [0.2, 0.25) is 0 Å². The third kappa shape index (κ3) is 4.58. The van der Waals surface area contributed by atoms with E-state index in [1.54, 1.807) is 0 Å². The maximum Gasteiger partial charge on any atom is 0.264 e. The van der Waals surface area contributed by atoms with Gasteiger partial charge in [-0.3, -0.25) is 0 Å². The normalized spacial score (nSPS) is 14.7. The van der Waals surface area contributed by atoms with E-state index in [1.165, 1.54) is 121 Å². The van der Waals surface area contributed by atoms with E-state index < -0.39 is 5.41 Å². The first-order valence-corrected chi connectivity index (χ1v) is 22.4. The monoisotopic (exact) mass is 798 g/mol. The molecule has 0 fully saturated rings. The second-order valence-corrected chi connectivity index (χ2v) is 19.7. The molecule has 0 radical (unpaired) electrons. The number of rotatable bonds is 2. The van der Waals surface area contributed by atoms with Gasteiger partial charge in [0, 0.05) is 43.3 Å². The Balaban J connectivity index is 1.12. The summed E-state index contributed by atoms with van der Waals surface area (Å²) in [5.74, 6) is 0. The third-order valence-electron chi connectivity index (χ3n) is 14.1. The zero-order valence-corrected chi connectivity index (χ0v) is 35.9. The van der Waals surface area contributed by atoms with Crippen molar-refractivity contribution in [2.45, 2.75) is 45.4 Å². The summed E-state index contributed by atoms with van der Waals surface area (Å²) in [5.41, 5.74) is 24.7. The van der Waals surface area contributed by atoms with Gasteiger partial charge in [0.05, 0.1) is 11.1 Å². The summed E-state index contributed by atoms with van der Waals surface area (Å²) in [6.45, 7) is 11.5. The highest BCUT2D eigenvalue weighted by Gasteiger charge is 2.53. The Morgan fingerprint density at radius 2 is 1.10 bits per heavy atom. The van der Waals surface area contributed by atoms with Gasteiger partial charge in [0.25, 0.3) is 6.71 Å². The molecule has 0 bridgehead atoms. The molecular formula is C57H43BN2S. The minimum Gasteiger partial charge on any atom is -0.311 e. The van der Waals surface area contributed by atoms with Crippen LogP contribution in [0.25, 0.3) is 32.3 Å². The molecule has 0 N–H and O–H groups in total. The number of benzene rings is 8. The molecule has 1 aromatic heterocycles. The Labute approximate surface area is 362 Å². The number of thiophene rings is 1. The molecule has 290 valence electrons. The fourth-order valence-electron chi connectivity index (χ4n) is 11.5. The van der Waals surface area contributed by atoms with Crippen molar-refractivity contribution in [3.8, 4) is 22.3 Å². The fourth-order valence-corrected chi connectivity index (χ4v) is 12.9. The van der Waals surface area contributed by atoms with Crippen molar-refractivity contribution >= 4 is 78.0 Å². The largest absolute Gasteiger partial charge is 0.311 e. The highest BCUT2D eigenvalue weighted by atomic mass is 32.1. The van der Waals surface area contributed by atoms with Crippen LogP contribution in [-0.2, 0) is 10.8 Å². The van der Waals surface area contributed by atoms with Crippen molar-refractivity contribution in [1.82, 2.24) is 0 Å². The number of hydrogen-bond acceptors (Lipinski definition) is 3. The second kappa shape index (κ2) is 12.2. The molecule has 4 heteroatoms. The average molecular weight is 799 g/mol. The van der Waals surface area contributed by atoms with E-state index in [0.717, 1.165) is 0 Å². The average Bonchev–Trinajstić information content (AvgIpc) is 3.89. The maximum absolute atomic E-state index is 2.60. The van der Waals surface area contributed by atoms with Crippen LogP contribution in [0.4, 0.5) is 34.1 Å². The molecule has 1 spiro atoms. The van der Waals surface area contributed by atoms with Crippen LogP contribution in [0.2, 0.25) is 0 Å². The van der Waals surface area contributed by atoms with Crippen LogP contribution in [0.5, 0.6) is 0 Å². The van der Waals surface area contributed by atoms with Crippen LogP contribution in [-0.4, -0.2) is 6.71 Å². The maximum atomic E-state index is 2.60. The van der Waals surface area contributed by atoms with Crippen LogP contribution in [0.3, 0.4) is 0 Å². The summed E-state index contributed by atoms with van der Waals surface area (Å²) in [7, 11) is 0. The minimum absolute atomic E-state index is 0.0745. The number of para-hydroxylation sites is 2. The Kier molecular flexibility index (Phi) is 7.06. The molecule has 0 atom stereocenters. The molecule has 3 heterocycles. The molecule has 4 aliphatic rings. The Morgan fingerprint density at radius 1 is 0.492 bits per heavy atom. The van der Waals surface area contributed by atoms with Gasteiger partial charge in [-0.05, 0) is 140 Å². The lowest BCUT2D eigenvalue weighted by Crippen LogP contribution is -2.60. The number of hydrogen-bond donors (Lipinski definition) is 0. The van der Waals surface area contributed by atoms with Crippen molar-refractivity contribution in [2.75, 3.05) is 9.80 Å². The molecule has 0 saturated heterocycles. The van der Waals surface area contributed by atoms with Crippen LogP contribution < -0.4 is 25.5 Å². The fraction of sp³-hybridized carbons (Fsp3) is 0.123. The zero-order chi connectivity index (χ0) is 40.9. The van der Waals surface area contributed by atoms with E-state index in [-0.39, 0.29) is 12.1 Å². The first-order chi connectivity index (χ1) is 29.7. The summed E-state index contributed by atoms with van der Waals surface area (Å²) >= 11 is 2.00. The zero-order valence-electron chi connectivity index (χ0n) is 35.0. The highest BCUT2D eigenvalue weighted by molar-refractivity contribution is 7.33. The predicted molar refractivity (Wildman–Crippen MR) is 260 cm³/mol. The molecule has 13 rings (SSSR count). The number of fused-ring (bicyclic) bond motifs is 16. The van der Waals surface area contributed by atoms with Crippen LogP contribution in [0, 0.1) is 13.8 Å². The van der Waals surface area contributed by atoms with E-state index >= 15 is 0 Å². The number of aryl methyl sites for hydroxylation is 2. The third-order valence-corrected chi connectivity index (χ3v) is 15.3. The quantitative estimate of drug-likeness (QED) is 0.161. The SMILES string of the molecule is Cc1cc2c3c(c1)N(c1ccccc1)c1c(sc4cc5c(cc14)-c1ccc(C)cc1C51c4ccccc4-c4ccccc41)B3c1ccccc1N2c1ccc(C(C)(C)C)cc1. The predicted octanol–water partition coefficient (Wildman–Crippen LogP) is 13.2. The van der Waals surface area contributed by atoms with Crippen molar-refractivity contribution in [1.29, 1.82) is 0 Å². The van der Waals surface area contributed by atoms with Gasteiger partial charge in [-0.25, -0.2) is 0 Å². The van der Waals surface area contributed by atoms with E-state index in [2.05, 4.69) is 214 Å². The Hall–Kier alpha value is -6.62. The molecule has 61 heavy (non-hydrogen) atoms. The van der Waals surface area contributed by atoms with Crippen LogP contribution in [0.15, 0.2) is 170 Å². The van der Waals surface area contributed by atoms with Crippen molar-refractivity contribution < 1.29 is 0 Å². The van der Waals surface area contributed by atoms with Crippen LogP contribution in [0.1, 0.15) is 59.7 Å². The van der Waals surface area contributed by atoms with Gasteiger partial charge in [0.1, 0.15) is 0 Å². The van der Waals surface area contributed by atoms with Crippen LogP contribution >= 0.6 is 11.3 Å². The molecule has 9 aromatic rings. The lowest BCUT2D eigenvalue weighted by atomic mass is 9.36. The number of anilines is 6. The molecule has 0 unspecified atom stereocenters. The first kappa shape index (κ1) is 35.2. The minimum atomic E-state index is -0.393. The molecule has 2 aliphatic heterocycles. The Bertz CT molecular complexity index is 3290. The molecule has 0 saturated carbocycles. The first-order valence-electron chi connectivity index (χ1n) is 21.6. The van der Waals surface area contributed by atoms with Gasteiger partial charge in [-0.2, -0.15) is 0 Å². The number of nitrogens with zero attached hydrogens (tertiary/aromatic N) is 2. The highest BCUT2D eigenvalue weighted by Crippen LogP contribution is 2.64. The van der Waals surface area contributed by atoms with Crippen molar-refractivity contribution in [3.05, 3.63) is 209 Å². The van der Waals surface area contributed by atoms with Gasteiger partial charge < -0.3 is 9.80 Å². The van der Waals surface area contributed by atoms with Gasteiger partial charge in [-0.15, -0.1) is 11.3 Å². The Morgan fingerprint density at radius 3 is 1.82 bits per heavy atom. The standard InChI is InChI=1S/C57H43BN2S/c1-34-23-28-41-42-32-43-52(33-47(42)57(46(41)29-34)44-19-11-9-17-39(44)40-18-10-12-20-45(40)57)61-55-54(43)60(37-15-7-6-8-16-37)51-31-35(2)30-50-53(51)58(55)48-21-13-14-22-49(48)59(50)38-26-24-36(25-27-38)56(3,4)5/h6-33H,1-5H3. The van der Waals surface area contributed by atoms with E-state index in [4.69, 9.17) is 0 Å². The molecular weight excluding hydrogens is 756 g/mol. The van der Waals surface area contributed by atoms with Gasteiger partial charge in [0.15, 0.2) is 0 Å². The molecule has 8 aromatic carbocycles. The second-order valence-electron chi connectivity index (χ2n) is 18.6. The summed E-state index contributed by atoms with van der Waals surface area (Å²) < 4.78 is 2.74. The van der Waals surface area contributed by atoms with E-state index in [1.807, 2.05) is 11.3 Å². The molecule has 2 nitrogen and oxygen atoms in total. The van der Waals surface area contributed by atoms with E-state index in [0.29, 0.717) is 0 Å². The lowest BCUT2D eigenvalue weighted by molar-refractivity contribution is 0.590. The van der Waals surface area contributed by atoms with Crippen molar-refractivity contribution in [2.24, 2.45) is 0 Å². The molecule has 2 aliphatic carbocycles. The summed E-state index contributed by atoms with van der Waals surface area (Å²) in [6.07, 6.45) is 0. The topological polar surface area (TPSA) is 6.48 Å². The van der Waals surface area contributed by atoms with E-state index in [9.17, 15) is 0 Å². The summed E-state index contributed by atoms with van der Waals surface area (Å²) in [4.78, 5) is 5.12. The smallest absolute Gasteiger partial charge is 0.264 e. The lowest BCUT2D eigenvalue weighted by Gasteiger charge is -2.43. The van der Waals surface area contributed by atoms with Gasteiger partial charge in [-0.1, -0.05) is 142 Å². The molecule has 0 amide bonds. The summed E-state index contributed by atoms with van der Waals surface area (Å²) in [5, 5.41) is 1.32. The van der Waals surface area contributed by atoms with Gasteiger partial charge >= 0.3 is 0 Å². The summed E-state index contributed by atoms with van der Waals surface area (Å²) in [6, 6.07) is 65.0.